The molecule has 2 aromatic carbocycles. The maximum Gasteiger partial charge on any atom is 0.261 e. The molecule has 0 aliphatic rings. The number of nitrogens with zero attached hydrogens (tertiary/aromatic N) is 1. The van der Waals surface area contributed by atoms with Gasteiger partial charge >= 0.3 is 0 Å². The summed E-state index contributed by atoms with van der Waals surface area (Å²) in [7, 11) is 0.0865. The standard InChI is InChI=1S/C20H26ClN3O3S/c1-14(2)19(24(3)4)13-22-20(25)15-7-5-10-18(11-15)28(26,27)23-17-9-6-8-16(21)12-17/h5-12,14,19,23H,13H2,1-4H3,(H,22,25). The number of hydrogen-bond donors (Lipinski definition) is 2. The van der Waals surface area contributed by atoms with E-state index in [1.807, 2.05) is 14.1 Å². The molecule has 6 nitrogen and oxygen atoms in total. The molecule has 2 N–H and O–H groups in total. The largest absolute Gasteiger partial charge is 0.350 e. The lowest BCUT2D eigenvalue weighted by molar-refractivity contribution is 0.0934. The third-order valence-corrected chi connectivity index (χ3v) is 6.00. The van der Waals surface area contributed by atoms with Gasteiger partial charge < -0.3 is 10.2 Å². The van der Waals surface area contributed by atoms with Gasteiger partial charge in [-0.05, 0) is 56.4 Å². The number of carbonyl (C=O) groups is 1. The predicted octanol–water partition coefficient (Wildman–Crippen LogP) is 3.46. The van der Waals surface area contributed by atoms with Gasteiger partial charge in [0.05, 0.1) is 10.6 Å². The van der Waals surface area contributed by atoms with Gasteiger partial charge in [0, 0.05) is 23.2 Å². The van der Waals surface area contributed by atoms with E-state index in [2.05, 4.69) is 28.8 Å². The van der Waals surface area contributed by atoms with Crippen molar-refractivity contribution in [3.8, 4) is 0 Å². The van der Waals surface area contributed by atoms with Crippen LogP contribution >= 0.6 is 11.6 Å². The molecule has 0 spiro atoms. The Morgan fingerprint density at radius 1 is 1.11 bits per heavy atom. The summed E-state index contributed by atoms with van der Waals surface area (Å²) in [5, 5.41) is 3.31. The molecule has 28 heavy (non-hydrogen) atoms. The van der Waals surface area contributed by atoms with E-state index < -0.39 is 10.0 Å². The normalized spacial score (nSPS) is 12.8. The smallest absolute Gasteiger partial charge is 0.261 e. The molecule has 0 fully saturated rings. The summed E-state index contributed by atoms with van der Waals surface area (Å²) in [6, 6.07) is 12.6. The third-order valence-electron chi connectivity index (χ3n) is 4.39. The zero-order valence-corrected chi connectivity index (χ0v) is 18.0. The van der Waals surface area contributed by atoms with Crippen LogP contribution in [0.15, 0.2) is 53.4 Å². The van der Waals surface area contributed by atoms with Crippen LogP contribution in [0.3, 0.4) is 0 Å². The number of anilines is 1. The Bertz CT molecular complexity index is 922. The van der Waals surface area contributed by atoms with Crippen molar-refractivity contribution in [1.82, 2.24) is 10.2 Å². The molecule has 2 rings (SSSR count). The maximum atomic E-state index is 12.6. The molecule has 152 valence electrons. The first-order chi connectivity index (χ1) is 13.1. The zero-order chi connectivity index (χ0) is 20.9. The lowest BCUT2D eigenvalue weighted by Crippen LogP contribution is -2.43. The fourth-order valence-electron chi connectivity index (χ4n) is 2.88. The number of likely N-dealkylation sites (N-methyl/N-ethyl adjacent to an activating group) is 1. The molecule has 0 radical (unpaired) electrons. The van der Waals surface area contributed by atoms with Gasteiger partial charge in [-0.2, -0.15) is 0 Å². The summed E-state index contributed by atoms with van der Waals surface area (Å²) in [5.74, 6) is 0.0521. The number of sulfonamides is 1. The van der Waals surface area contributed by atoms with Gasteiger partial charge in [-0.1, -0.05) is 37.6 Å². The van der Waals surface area contributed by atoms with Crippen LogP contribution in [0.5, 0.6) is 0 Å². The molecule has 0 aromatic heterocycles. The number of carbonyl (C=O) groups excluding carboxylic acids is 1. The molecular weight excluding hydrogens is 398 g/mol. The summed E-state index contributed by atoms with van der Waals surface area (Å²) in [6.45, 7) is 4.65. The second kappa shape index (κ2) is 9.41. The number of hydrogen-bond acceptors (Lipinski definition) is 4. The van der Waals surface area contributed by atoms with Gasteiger partial charge in [0.15, 0.2) is 0 Å². The van der Waals surface area contributed by atoms with Crippen molar-refractivity contribution in [1.29, 1.82) is 0 Å². The van der Waals surface area contributed by atoms with Gasteiger partial charge in [-0.3, -0.25) is 9.52 Å². The van der Waals surface area contributed by atoms with E-state index in [-0.39, 0.29) is 22.4 Å². The molecule has 0 saturated heterocycles. The highest BCUT2D eigenvalue weighted by atomic mass is 35.5. The Kier molecular flexibility index (Phi) is 7.46. The molecule has 0 saturated carbocycles. The number of amides is 1. The number of rotatable bonds is 8. The van der Waals surface area contributed by atoms with Crippen molar-refractivity contribution < 1.29 is 13.2 Å². The van der Waals surface area contributed by atoms with Crippen LogP contribution in [0.1, 0.15) is 24.2 Å². The summed E-state index contributed by atoms with van der Waals surface area (Å²) in [5.41, 5.74) is 0.642. The molecule has 2 aromatic rings. The minimum atomic E-state index is -3.84. The Morgan fingerprint density at radius 2 is 1.79 bits per heavy atom. The topological polar surface area (TPSA) is 78.5 Å². The second-order valence-corrected chi connectivity index (χ2v) is 9.25. The van der Waals surface area contributed by atoms with Crippen molar-refractivity contribution in [2.75, 3.05) is 25.4 Å². The first-order valence-electron chi connectivity index (χ1n) is 8.93. The van der Waals surface area contributed by atoms with E-state index in [1.54, 1.807) is 30.3 Å². The molecule has 1 unspecified atom stereocenters. The van der Waals surface area contributed by atoms with Crippen LogP contribution < -0.4 is 10.0 Å². The average Bonchev–Trinajstić information content (AvgIpc) is 2.61. The summed E-state index contributed by atoms with van der Waals surface area (Å²) < 4.78 is 27.8. The minimum absolute atomic E-state index is 0.00754. The first kappa shape index (κ1) is 22.2. The van der Waals surface area contributed by atoms with Crippen molar-refractivity contribution in [2.45, 2.75) is 24.8 Å². The Hall–Kier alpha value is -2.09. The van der Waals surface area contributed by atoms with E-state index in [1.165, 1.54) is 18.2 Å². The molecule has 1 atom stereocenters. The van der Waals surface area contributed by atoms with Crippen LogP contribution in [-0.4, -0.2) is 45.9 Å². The molecule has 0 aliphatic heterocycles. The predicted molar refractivity (Wildman–Crippen MR) is 113 cm³/mol. The highest BCUT2D eigenvalue weighted by Gasteiger charge is 2.19. The van der Waals surface area contributed by atoms with E-state index >= 15 is 0 Å². The SMILES string of the molecule is CC(C)C(CNC(=O)c1cccc(S(=O)(=O)Nc2cccc(Cl)c2)c1)N(C)C. The lowest BCUT2D eigenvalue weighted by Gasteiger charge is -2.28. The summed E-state index contributed by atoms with van der Waals surface area (Å²) in [6.07, 6.45) is 0. The van der Waals surface area contributed by atoms with E-state index in [0.29, 0.717) is 23.2 Å². The third kappa shape index (κ3) is 5.95. The highest BCUT2D eigenvalue weighted by Crippen LogP contribution is 2.20. The first-order valence-corrected chi connectivity index (χ1v) is 10.8. The minimum Gasteiger partial charge on any atom is -0.350 e. The summed E-state index contributed by atoms with van der Waals surface area (Å²) >= 11 is 5.90. The highest BCUT2D eigenvalue weighted by molar-refractivity contribution is 7.92. The molecule has 0 aliphatic carbocycles. The molecule has 0 bridgehead atoms. The van der Waals surface area contributed by atoms with Crippen LogP contribution in [0.4, 0.5) is 5.69 Å². The zero-order valence-electron chi connectivity index (χ0n) is 16.4. The van der Waals surface area contributed by atoms with E-state index in [9.17, 15) is 13.2 Å². The van der Waals surface area contributed by atoms with Gasteiger partial charge in [0.1, 0.15) is 0 Å². The number of halogens is 1. The van der Waals surface area contributed by atoms with Crippen LogP contribution in [-0.2, 0) is 10.0 Å². The molecule has 0 heterocycles. The molecule has 8 heteroatoms. The second-order valence-electron chi connectivity index (χ2n) is 7.13. The van der Waals surface area contributed by atoms with Crippen LogP contribution in [0.2, 0.25) is 5.02 Å². The Morgan fingerprint density at radius 3 is 2.39 bits per heavy atom. The Labute approximate surface area is 171 Å². The maximum absolute atomic E-state index is 12.6. The molecule has 1 amide bonds. The van der Waals surface area contributed by atoms with Crippen molar-refractivity contribution in [3.05, 3.63) is 59.1 Å². The summed E-state index contributed by atoms with van der Waals surface area (Å²) in [4.78, 5) is 14.6. The average molecular weight is 424 g/mol. The van der Waals surface area contributed by atoms with E-state index in [4.69, 9.17) is 11.6 Å². The van der Waals surface area contributed by atoms with Crippen molar-refractivity contribution in [3.63, 3.8) is 0 Å². The van der Waals surface area contributed by atoms with Crippen molar-refractivity contribution in [2.24, 2.45) is 5.92 Å². The van der Waals surface area contributed by atoms with Crippen LogP contribution in [0, 0.1) is 5.92 Å². The van der Waals surface area contributed by atoms with Crippen molar-refractivity contribution >= 4 is 33.2 Å². The monoisotopic (exact) mass is 423 g/mol. The molecular formula is C20H26ClN3O3S. The lowest BCUT2D eigenvalue weighted by atomic mass is 10.0. The fraction of sp³-hybridized carbons (Fsp3) is 0.350. The van der Waals surface area contributed by atoms with Gasteiger partial charge in [0.2, 0.25) is 0 Å². The van der Waals surface area contributed by atoms with Gasteiger partial charge in [0.25, 0.3) is 15.9 Å². The van der Waals surface area contributed by atoms with Gasteiger partial charge in [-0.15, -0.1) is 0 Å². The number of benzene rings is 2. The fourth-order valence-corrected chi connectivity index (χ4v) is 4.17. The van der Waals surface area contributed by atoms with Crippen LogP contribution in [0.25, 0.3) is 0 Å². The van der Waals surface area contributed by atoms with Gasteiger partial charge in [-0.25, -0.2) is 8.42 Å². The number of nitrogens with one attached hydrogen (secondary N) is 2. The van der Waals surface area contributed by atoms with E-state index in [0.717, 1.165) is 0 Å². The Balaban J connectivity index is 2.15. The quantitative estimate of drug-likeness (QED) is 0.681.